The monoisotopic (exact) mass is 342 g/mol. The lowest BCUT2D eigenvalue weighted by Crippen LogP contribution is -2.17. The van der Waals surface area contributed by atoms with Crippen LogP contribution < -0.4 is 9.46 Å². The molecule has 120 valence electrons. The number of sulfonamides is 1. The molecular weight excluding hydrogens is 333 g/mol. The molecule has 5 nitrogen and oxygen atoms in total. The molecule has 0 bridgehead atoms. The number of nitrogens with one attached hydrogen (secondary N) is 1. The molecular formula is C14H9F3N2O3S. The Bertz CT molecular complexity index is 841. The van der Waals surface area contributed by atoms with Gasteiger partial charge >= 0.3 is 6.36 Å². The van der Waals surface area contributed by atoms with Crippen molar-refractivity contribution in [3.05, 3.63) is 54.1 Å². The van der Waals surface area contributed by atoms with Crippen molar-refractivity contribution >= 4 is 15.7 Å². The van der Waals surface area contributed by atoms with E-state index < -0.39 is 22.1 Å². The Morgan fingerprint density at radius 1 is 1.09 bits per heavy atom. The first kappa shape index (κ1) is 16.6. The van der Waals surface area contributed by atoms with Crippen molar-refractivity contribution in [2.45, 2.75) is 11.3 Å². The summed E-state index contributed by atoms with van der Waals surface area (Å²) in [5.41, 5.74) is 0.195. The van der Waals surface area contributed by atoms with E-state index in [1.165, 1.54) is 36.4 Å². The lowest BCUT2D eigenvalue weighted by molar-refractivity contribution is -0.274. The lowest BCUT2D eigenvalue weighted by atomic mass is 10.2. The third-order valence-electron chi connectivity index (χ3n) is 2.61. The minimum absolute atomic E-state index is 0.0869. The predicted molar refractivity (Wildman–Crippen MR) is 75.1 cm³/mol. The number of ether oxygens (including phenoxy) is 1. The Kier molecular flexibility index (Phi) is 4.47. The van der Waals surface area contributed by atoms with Crippen LogP contribution in [0.3, 0.4) is 0 Å². The van der Waals surface area contributed by atoms with E-state index in [4.69, 9.17) is 5.26 Å². The number of anilines is 1. The Balaban J connectivity index is 2.23. The molecule has 0 aliphatic carbocycles. The first-order chi connectivity index (χ1) is 10.7. The number of hydrogen-bond donors (Lipinski definition) is 1. The van der Waals surface area contributed by atoms with Crippen molar-refractivity contribution in [3.63, 3.8) is 0 Å². The SMILES string of the molecule is N#Cc1ccc(S(=O)(=O)Nc2cccc(OC(F)(F)F)c2)cc1. The van der Waals surface area contributed by atoms with Crippen LogP contribution in [0.15, 0.2) is 53.4 Å². The number of nitrogens with zero attached hydrogens (tertiary/aromatic N) is 1. The molecule has 23 heavy (non-hydrogen) atoms. The second-order valence-electron chi connectivity index (χ2n) is 4.32. The first-order valence-corrected chi connectivity index (χ1v) is 7.57. The number of benzene rings is 2. The van der Waals surface area contributed by atoms with Gasteiger partial charge in [-0.05, 0) is 36.4 Å². The van der Waals surface area contributed by atoms with Crippen molar-refractivity contribution in [3.8, 4) is 11.8 Å². The molecule has 0 aromatic heterocycles. The summed E-state index contributed by atoms with van der Waals surface area (Å²) in [5.74, 6) is -0.544. The van der Waals surface area contributed by atoms with Gasteiger partial charge in [0, 0.05) is 6.07 Å². The molecule has 1 N–H and O–H groups in total. The Morgan fingerprint density at radius 2 is 1.74 bits per heavy atom. The zero-order valence-electron chi connectivity index (χ0n) is 11.3. The maximum Gasteiger partial charge on any atom is 0.573 e. The molecule has 0 aliphatic rings. The second kappa shape index (κ2) is 6.18. The highest BCUT2D eigenvalue weighted by Gasteiger charge is 2.31. The summed E-state index contributed by atoms with van der Waals surface area (Å²) < 4.78 is 66.6. The largest absolute Gasteiger partial charge is 0.573 e. The molecule has 0 amide bonds. The number of nitriles is 1. The fourth-order valence-electron chi connectivity index (χ4n) is 1.68. The van der Waals surface area contributed by atoms with Crippen molar-refractivity contribution in [1.29, 1.82) is 5.26 Å². The average molecular weight is 342 g/mol. The topological polar surface area (TPSA) is 79.2 Å². The number of rotatable bonds is 4. The van der Waals surface area contributed by atoms with Gasteiger partial charge in [0.05, 0.1) is 22.2 Å². The molecule has 2 aromatic rings. The summed E-state index contributed by atoms with van der Waals surface area (Å²) in [6.45, 7) is 0. The number of hydrogen-bond acceptors (Lipinski definition) is 4. The van der Waals surface area contributed by atoms with Gasteiger partial charge in [-0.2, -0.15) is 5.26 Å². The van der Waals surface area contributed by atoms with Crippen LogP contribution in [0.4, 0.5) is 18.9 Å². The smallest absolute Gasteiger partial charge is 0.406 e. The lowest BCUT2D eigenvalue weighted by Gasteiger charge is -2.11. The van der Waals surface area contributed by atoms with Crippen LogP contribution in [-0.4, -0.2) is 14.8 Å². The van der Waals surface area contributed by atoms with E-state index in [1.54, 1.807) is 0 Å². The molecule has 0 radical (unpaired) electrons. The molecule has 0 heterocycles. The Hall–Kier alpha value is -2.73. The minimum atomic E-state index is -4.87. The highest BCUT2D eigenvalue weighted by molar-refractivity contribution is 7.92. The maximum absolute atomic E-state index is 12.2. The van der Waals surface area contributed by atoms with Crippen LogP contribution in [0, 0.1) is 11.3 Å². The van der Waals surface area contributed by atoms with E-state index in [0.717, 1.165) is 12.1 Å². The summed E-state index contributed by atoms with van der Waals surface area (Å²) in [5, 5.41) is 8.67. The van der Waals surface area contributed by atoms with Gasteiger partial charge in [-0.25, -0.2) is 8.42 Å². The van der Waals surface area contributed by atoms with Crippen molar-refractivity contribution in [1.82, 2.24) is 0 Å². The molecule has 0 atom stereocenters. The fraction of sp³-hybridized carbons (Fsp3) is 0.0714. The summed E-state index contributed by atoms with van der Waals surface area (Å²) in [4.78, 5) is -0.126. The third-order valence-corrected chi connectivity index (χ3v) is 4.01. The van der Waals surface area contributed by atoms with E-state index in [1.807, 2.05) is 6.07 Å². The first-order valence-electron chi connectivity index (χ1n) is 6.08. The van der Waals surface area contributed by atoms with Gasteiger partial charge in [-0.3, -0.25) is 4.72 Å². The quantitative estimate of drug-likeness (QED) is 0.925. The van der Waals surface area contributed by atoms with Gasteiger partial charge in [-0.15, -0.1) is 13.2 Å². The second-order valence-corrected chi connectivity index (χ2v) is 6.00. The van der Waals surface area contributed by atoms with Crippen LogP contribution in [-0.2, 0) is 10.0 Å². The highest BCUT2D eigenvalue weighted by Crippen LogP contribution is 2.26. The third kappa shape index (κ3) is 4.62. The van der Waals surface area contributed by atoms with E-state index in [-0.39, 0.29) is 16.1 Å². The minimum Gasteiger partial charge on any atom is -0.406 e. The van der Waals surface area contributed by atoms with Gasteiger partial charge in [-0.1, -0.05) is 6.07 Å². The van der Waals surface area contributed by atoms with E-state index in [9.17, 15) is 21.6 Å². The van der Waals surface area contributed by atoms with Crippen LogP contribution >= 0.6 is 0 Å². The highest BCUT2D eigenvalue weighted by atomic mass is 32.2. The average Bonchev–Trinajstić information content (AvgIpc) is 2.45. The Morgan fingerprint density at radius 3 is 2.30 bits per heavy atom. The zero-order valence-corrected chi connectivity index (χ0v) is 12.1. The molecule has 0 aliphatic heterocycles. The summed E-state index contributed by atoms with van der Waals surface area (Å²) in [6, 6.07) is 11.4. The van der Waals surface area contributed by atoms with Gasteiger partial charge in [0.1, 0.15) is 5.75 Å². The zero-order chi connectivity index (χ0) is 17.1. The number of alkyl halides is 3. The predicted octanol–water partition coefficient (Wildman–Crippen LogP) is 3.26. The van der Waals surface area contributed by atoms with Gasteiger partial charge < -0.3 is 4.74 Å². The standard InChI is InChI=1S/C14H9F3N2O3S/c15-14(16,17)22-12-3-1-2-11(8-12)19-23(20,21)13-6-4-10(9-18)5-7-13/h1-8,19H. The van der Waals surface area contributed by atoms with E-state index in [2.05, 4.69) is 9.46 Å². The molecule has 2 aromatic carbocycles. The molecule has 0 spiro atoms. The molecule has 9 heteroatoms. The maximum atomic E-state index is 12.2. The van der Waals surface area contributed by atoms with E-state index in [0.29, 0.717) is 0 Å². The van der Waals surface area contributed by atoms with Gasteiger partial charge in [0.2, 0.25) is 0 Å². The molecule has 0 saturated heterocycles. The normalized spacial score (nSPS) is 11.6. The van der Waals surface area contributed by atoms with Crippen LogP contribution in [0.5, 0.6) is 5.75 Å². The van der Waals surface area contributed by atoms with Crippen LogP contribution in [0.1, 0.15) is 5.56 Å². The molecule has 0 saturated carbocycles. The van der Waals surface area contributed by atoms with E-state index >= 15 is 0 Å². The summed E-state index contributed by atoms with van der Waals surface area (Å²) >= 11 is 0. The molecule has 0 unspecified atom stereocenters. The summed E-state index contributed by atoms with van der Waals surface area (Å²) in [6.07, 6.45) is -4.87. The van der Waals surface area contributed by atoms with Crippen molar-refractivity contribution < 1.29 is 26.3 Å². The fourth-order valence-corrected chi connectivity index (χ4v) is 2.73. The van der Waals surface area contributed by atoms with Crippen LogP contribution in [0.25, 0.3) is 0 Å². The number of halogens is 3. The Labute approximate surface area is 130 Å². The van der Waals surface area contributed by atoms with Crippen molar-refractivity contribution in [2.24, 2.45) is 0 Å². The van der Waals surface area contributed by atoms with Crippen molar-refractivity contribution in [2.75, 3.05) is 4.72 Å². The molecule has 2 rings (SSSR count). The summed E-state index contributed by atoms with van der Waals surface area (Å²) in [7, 11) is -3.99. The van der Waals surface area contributed by atoms with Gasteiger partial charge in [0.25, 0.3) is 10.0 Å². The van der Waals surface area contributed by atoms with Crippen LogP contribution in [0.2, 0.25) is 0 Å². The van der Waals surface area contributed by atoms with Gasteiger partial charge in [0.15, 0.2) is 0 Å². The molecule has 0 fully saturated rings.